The van der Waals surface area contributed by atoms with Gasteiger partial charge in [-0.25, -0.2) is 8.78 Å². The van der Waals surface area contributed by atoms with Crippen LogP contribution in [0.4, 0.5) is 8.78 Å². The fourth-order valence-corrected chi connectivity index (χ4v) is 2.23. The summed E-state index contributed by atoms with van der Waals surface area (Å²) in [7, 11) is 0. The molecule has 2 rings (SSSR count). The lowest BCUT2D eigenvalue weighted by Crippen LogP contribution is -2.30. The fraction of sp³-hybridized carbons (Fsp3) is 0.188. The summed E-state index contributed by atoms with van der Waals surface area (Å²) in [5, 5.41) is 2.78. The van der Waals surface area contributed by atoms with Crippen molar-refractivity contribution in [2.24, 2.45) is 0 Å². The Morgan fingerprint density at radius 1 is 1.10 bits per heavy atom. The predicted octanol–water partition coefficient (Wildman–Crippen LogP) is 3.60. The fourth-order valence-electron chi connectivity index (χ4n) is 1.98. The van der Waals surface area contributed by atoms with E-state index in [9.17, 15) is 13.6 Å². The Balaban J connectivity index is 2.01. The smallest absolute Gasteiger partial charge is 0.224 e. The normalized spacial score (nSPS) is 12.0. The van der Waals surface area contributed by atoms with Crippen LogP contribution in [0.3, 0.4) is 0 Å². The molecular formula is C16H14ClF2NO. The molecule has 0 spiro atoms. The highest BCUT2D eigenvalue weighted by Gasteiger charge is 2.14. The topological polar surface area (TPSA) is 29.1 Å². The number of benzene rings is 2. The van der Waals surface area contributed by atoms with Gasteiger partial charge in [0.1, 0.15) is 0 Å². The number of rotatable bonds is 5. The molecule has 0 saturated carbocycles. The van der Waals surface area contributed by atoms with Crippen molar-refractivity contribution in [3.8, 4) is 0 Å². The quantitative estimate of drug-likeness (QED) is 0.840. The van der Waals surface area contributed by atoms with Crippen molar-refractivity contribution in [3.63, 3.8) is 0 Å². The maximum absolute atomic E-state index is 13.1. The zero-order chi connectivity index (χ0) is 15.2. The summed E-state index contributed by atoms with van der Waals surface area (Å²) in [6.45, 7) is 0. The summed E-state index contributed by atoms with van der Waals surface area (Å²) in [6.07, 6.45) is -0.0303. The van der Waals surface area contributed by atoms with Gasteiger partial charge < -0.3 is 5.32 Å². The van der Waals surface area contributed by atoms with Gasteiger partial charge in [-0.2, -0.15) is 0 Å². The minimum atomic E-state index is -0.961. The van der Waals surface area contributed by atoms with Crippen molar-refractivity contribution >= 4 is 17.5 Å². The number of carbonyl (C=O) groups excluding carboxylic acids is 1. The maximum Gasteiger partial charge on any atom is 0.224 e. The molecule has 1 amide bonds. The SMILES string of the molecule is O=C(Cc1ccc(F)c(F)c1)NC(CCl)c1ccccc1. The van der Waals surface area contributed by atoms with Gasteiger partial charge in [0.05, 0.1) is 12.5 Å². The molecule has 0 radical (unpaired) electrons. The molecule has 0 aliphatic heterocycles. The Kier molecular flexibility index (Phi) is 5.28. The van der Waals surface area contributed by atoms with Crippen LogP contribution in [0.15, 0.2) is 48.5 Å². The Bertz CT molecular complexity index is 619. The molecule has 2 aromatic carbocycles. The molecule has 5 heteroatoms. The zero-order valence-electron chi connectivity index (χ0n) is 11.2. The van der Waals surface area contributed by atoms with E-state index in [0.717, 1.165) is 17.7 Å². The molecule has 0 heterocycles. The molecule has 1 unspecified atom stereocenters. The monoisotopic (exact) mass is 309 g/mol. The molecule has 2 nitrogen and oxygen atoms in total. The first-order valence-corrected chi connectivity index (χ1v) is 6.98. The average Bonchev–Trinajstić information content (AvgIpc) is 2.49. The molecule has 0 saturated heterocycles. The van der Waals surface area contributed by atoms with Crippen LogP contribution in [0.2, 0.25) is 0 Å². The Morgan fingerprint density at radius 3 is 2.43 bits per heavy atom. The first-order valence-electron chi connectivity index (χ1n) is 6.44. The average molecular weight is 310 g/mol. The lowest BCUT2D eigenvalue weighted by Gasteiger charge is -2.16. The minimum absolute atomic E-state index is 0.0303. The third-order valence-corrected chi connectivity index (χ3v) is 3.35. The third-order valence-electron chi connectivity index (χ3n) is 3.04. The number of hydrogen-bond donors (Lipinski definition) is 1. The van der Waals surface area contributed by atoms with Crippen LogP contribution < -0.4 is 5.32 Å². The largest absolute Gasteiger partial charge is 0.348 e. The van der Waals surface area contributed by atoms with Gasteiger partial charge in [0.25, 0.3) is 0 Å². The zero-order valence-corrected chi connectivity index (χ0v) is 11.9. The van der Waals surface area contributed by atoms with E-state index in [4.69, 9.17) is 11.6 Å². The molecule has 0 fully saturated rings. The molecule has 110 valence electrons. The molecule has 0 aliphatic rings. The lowest BCUT2D eigenvalue weighted by molar-refractivity contribution is -0.121. The molecule has 1 atom stereocenters. The predicted molar refractivity (Wildman–Crippen MR) is 78.1 cm³/mol. The molecular weight excluding hydrogens is 296 g/mol. The lowest BCUT2D eigenvalue weighted by atomic mass is 10.1. The first kappa shape index (κ1) is 15.4. The van der Waals surface area contributed by atoms with Crippen LogP contribution >= 0.6 is 11.6 Å². The Labute approximate surface area is 126 Å². The van der Waals surface area contributed by atoms with Crippen LogP contribution in [-0.4, -0.2) is 11.8 Å². The highest BCUT2D eigenvalue weighted by Crippen LogP contribution is 2.15. The molecule has 1 N–H and O–H groups in total. The third kappa shape index (κ3) is 4.26. The Hall–Kier alpha value is -1.94. The molecule has 0 aromatic heterocycles. The van der Waals surface area contributed by atoms with Gasteiger partial charge >= 0.3 is 0 Å². The van der Waals surface area contributed by atoms with Crippen LogP contribution in [0.5, 0.6) is 0 Å². The molecule has 0 aliphatic carbocycles. The van der Waals surface area contributed by atoms with Gasteiger partial charge in [0, 0.05) is 5.88 Å². The van der Waals surface area contributed by atoms with E-state index in [1.807, 2.05) is 30.3 Å². The maximum atomic E-state index is 13.1. The van der Waals surface area contributed by atoms with Gasteiger partial charge in [-0.3, -0.25) is 4.79 Å². The number of hydrogen-bond acceptors (Lipinski definition) is 1. The van der Waals surface area contributed by atoms with Crippen LogP contribution in [0.1, 0.15) is 17.2 Å². The van der Waals surface area contributed by atoms with E-state index in [0.29, 0.717) is 5.56 Å². The second-order valence-corrected chi connectivity index (χ2v) is 4.92. The number of alkyl halides is 1. The van der Waals surface area contributed by atoms with E-state index >= 15 is 0 Å². The molecule has 0 bridgehead atoms. The summed E-state index contributed by atoms with van der Waals surface area (Å²) >= 11 is 5.87. The molecule has 2 aromatic rings. The number of carbonyl (C=O) groups is 1. The van der Waals surface area contributed by atoms with Crippen molar-refractivity contribution in [2.45, 2.75) is 12.5 Å². The highest BCUT2D eigenvalue weighted by molar-refractivity contribution is 6.18. The summed E-state index contributed by atoms with van der Waals surface area (Å²) in [6, 6.07) is 12.4. The van der Waals surface area contributed by atoms with Crippen molar-refractivity contribution in [3.05, 3.63) is 71.3 Å². The summed E-state index contributed by atoms with van der Waals surface area (Å²) < 4.78 is 25.9. The van der Waals surface area contributed by atoms with Gasteiger partial charge in [-0.15, -0.1) is 11.6 Å². The minimum Gasteiger partial charge on any atom is -0.348 e. The van der Waals surface area contributed by atoms with Crippen molar-refractivity contribution in [1.29, 1.82) is 0 Å². The van der Waals surface area contributed by atoms with Gasteiger partial charge in [0.2, 0.25) is 5.91 Å². The van der Waals surface area contributed by atoms with Crippen molar-refractivity contribution < 1.29 is 13.6 Å². The summed E-state index contributed by atoms with van der Waals surface area (Å²) in [4.78, 5) is 12.0. The number of halogens is 3. The van der Waals surface area contributed by atoms with Crippen molar-refractivity contribution in [2.75, 3.05) is 5.88 Å². The van der Waals surface area contributed by atoms with E-state index in [2.05, 4.69) is 5.32 Å². The summed E-state index contributed by atoms with van der Waals surface area (Å²) in [5.41, 5.74) is 1.30. The van der Waals surface area contributed by atoms with Crippen molar-refractivity contribution in [1.82, 2.24) is 5.32 Å². The van der Waals surface area contributed by atoms with Gasteiger partial charge in [-0.1, -0.05) is 36.4 Å². The highest BCUT2D eigenvalue weighted by atomic mass is 35.5. The van der Waals surface area contributed by atoms with Crippen LogP contribution in [0.25, 0.3) is 0 Å². The second kappa shape index (κ2) is 7.18. The number of nitrogens with one attached hydrogen (secondary N) is 1. The van der Waals surface area contributed by atoms with Gasteiger partial charge in [0.15, 0.2) is 11.6 Å². The summed E-state index contributed by atoms with van der Waals surface area (Å²) in [5.74, 6) is -1.96. The Morgan fingerprint density at radius 2 is 1.81 bits per heavy atom. The second-order valence-electron chi connectivity index (χ2n) is 4.61. The van der Waals surface area contributed by atoms with Gasteiger partial charge in [-0.05, 0) is 23.3 Å². The van der Waals surface area contributed by atoms with Crippen LogP contribution in [-0.2, 0) is 11.2 Å². The van der Waals surface area contributed by atoms with Crippen LogP contribution in [0, 0.1) is 11.6 Å². The van der Waals surface area contributed by atoms with E-state index < -0.39 is 11.6 Å². The van der Waals surface area contributed by atoms with E-state index in [1.54, 1.807) is 0 Å². The molecule has 21 heavy (non-hydrogen) atoms. The van der Waals surface area contributed by atoms with E-state index in [-0.39, 0.29) is 24.2 Å². The standard InChI is InChI=1S/C16H14ClF2NO/c17-10-15(12-4-2-1-3-5-12)20-16(21)9-11-6-7-13(18)14(19)8-11/h1-8,15H,9-10H2,(H,20,21). The first-order chi connectivity index (χ1) is 10.1. The number of amides is 1. The van der Waals surface area contributed by atoms with E-state index in [1.165, 1.54) is 6.07 Å².